The monoisotopic (exact) mass is 212 g/mol. The van der Waals surface area contributed by atoms with Crippen molar-refractivity contribution in [3.05, 3.63) is 0 Å². The van der Waals surface area contributed by atoms with Crippen LogP contribution in [-0.2, 0) is 4.74 Å². The number of carbonyl (C=O) groups is 1. The minimum Gasteiger partial charge on any atom is -0.444 e. The summed E-state index contributed by atoms with van der Waals surface area (Å²) < 4.78 is 5.23. The Balaban J connectivity index is 1.80. The van der Waals surface area contributed by atoms with Crippen molar-refractivity contribution in [1.82, 2.24) is 10.6 Å². The van der Waals surface area contributed by atoms with Crippen LogP contribution in [-0.4, -0.2) is 30.3 Å². The summed E-state index contributed by atoms with van der Waals surface area (Å²) in [6, 6.07) is 0.723. The van der Waals surface area contributed by atoms with Gasteiger partial charge < -0.3 is 15.4 Å². The third-order valence-electron chi connectivity index (χ3n) is 3.03. The quantitative estimate of drug-likeness (QED) is 0.688. The van der Waals surface area contributed by atoms with Crippen molar-refractivity contribution in [3.8, 4) is 0 Å². The first-order chi connectivity index (χ1) is 6.94. The van der Waals surface area contributed by atoms with Gasteiger partial charge in [-0.3, -0.25) is 0 Å². The summed E-state index contributed by atoms with van der Waals surface area (Å²) in [5, 5.41) is 6.35. The fourth-order valence-electron chi connectivity index (χ4n) is 2.47. The number of piperidine rings is 1. The molecular formula is C11H20N2O2. The van der Waals surface area contributed by atoms with Crippen LogP contribution >= 0.6 is 0 Å². The summed E-state index contributed by atoms with van der Waals surface area (Å²) in [6.45, 7) is 6.75. The van der Waals surface area contributed by atoms with Crippen LogP contribution in [0.4, 0.5) is 4.79 Å². The molecule has 4 heteroatoms. The number of hydrogen-bond acceptors (Lipinski definition) is 3. The molecule has 0 aromatic rings. The van der Waals surface area contributed by atoms with E-state index in [0.717, 1.165) is 18.9 Å². The summed E-state index contributed by atoms with van der Waals surface area (Å²) in [4.78, 5) is 11.5. The lowest BCUT2D eigenvalue weighted by molar-refractivity contribution is 0.0494. The van der Waals surface area contributed by atoms with Crippen LogP contribution in [0.2, 0.25) is 0 Å². The van der Waals surface area contributed by atoms with E-state index in [0.29, 0.717) is 6.04 Å². The van der Waals surface area contributed by atoms with E-state index >= 15 is 0 Å². The van der Waals surface area contributed by atoms with Gasteiger partial charge in [0.05, 0.1) is 0 Å². The van der Waals surface area contributed by atoms with Gasteiger partial charge in [-0.1, -0.05) is 0 Å². The Bertz CT molecular complexity index is 260. The molecule has 4 nitrogen and oxygen atoms in total. The molecule has 2 bridgehead atoms. The van der Waals surface area contributed by atoms with E-state index in [1.807, 2.05) is 20.8 Å². The zero-order chi connectivity index (χ0) is 11.1. The van der Waals surface area contributed by atoms with Gasteiger partial charge in [-0.25, -0.2) is 4.79 Å². The molecular weight excluding hydrogens is 192 g/mol. The number of nitrogens with one attached hydrogen (secondary N) is 2. The molecule has 0 radical (unpaired) electrons. The maximum absolute atomic E-state index is 11.5. The van der Waals surface area contributed by atoms with Gasteiger partial charge in [0.2, 0.25) is 0 Å². The minimum absolute atomic E-state index is 0.263. The van der Waals surface area contributed by atoms with E-state index in [-0.39, 0.29) is 12.1 Å². The van der Waals surface area contributed by atoms with Gasteiger partial charge in [-0.15, -0.1) is 0 Å². The lowest BCUT2D eigenvalue weighted by Crippen LogP contribution is -2.49. The van der Waals surface area contributed by atoms with Crippen molar-refractivity contribution in [2.75, 3.05) is 6.54 Å². The smallest absolute Gasteiger partial charge is 0.407 e. The third kappa shape index (κ3) is 2.62. The largest absolute Gasteiger partial charge is 0.444 e. The molecule has 2 fully saturated rings. The second-order valence-electron chi connectivity index (χ2n) is 5.60. The highest BCUT2D eigenvalue weighted by molar-refractivity contribution is 5.68. The Hall–Kier alpha value is -0.770. The Morgan fingerprint density at radius 3 is 2.60 bits per heavy atom. The van der Waals surface area contributed by atoms with E-state index < -0.39 is 5.60 Å². The molecule has 1 amide bonds. The lowest BCUT2D eigenvalue weighted by Gasteiger charge is -2.26. The molecule has 1 aliphatic heterocycles. The van der Waals surface area contributed by atoms with E-state index in [4.69, 9.17) is 4.74 Å². The first-order valence-electron chi connectivity index (χ1n) is 5.67. The molecule has 0 aromatic heterocycles. The lowest BCUT2D eigenvalue weighted by atomic mass is 10.1. The van der Waals surface area contributed by atoms with Crippen molar-refractivity contribution in [1.29, 1.82) is 0 Å². The van der Waals surface area contributed by atoms with E-state index in [1.54, 1.807) is 0 Å². The van der Waals surface area contributed by atoms with Gasteiger partial charge in [-0.05, 0) is 46.1 Å². The van der Waals surface area contributed by atoms with Crippen molar-refractivity contribution < 1.29 is 9.53 Å². The highest BCUT2D eigenvalue weighted by Crippen LogP contribution is 2.31. The SMILES string of the molecule is CC(C)(C)OC(=O)N[C@@H]1C[C@H]2CN[C@@H]1C2. The Morgan fingerprint density at radius 2 is 2.13 bits per heavy atom. The van der Waals surface area contributed by atoms with Gasteiger partial charge in [0.15, 0.2) is 0 Å². The highest BCUT2D eigenvalue weighted by atomic mass is 16.6. The fourth-order valence-corrected chi connectivity index (χ4v) is 2.47. The van der Waals surface area contributed by atoms with E-state index in [1.165, 1.54) is 6.42 Å². The molecule has 3 atom stereocenters. The number of rotatable bonds is 1. The van der Waals surface area contributed by atoms with Crippen LogP contribution < -0.4 is 10.6 Å². The Labute approximate surface area is 90.8 Å². The Morgan fingerprint density at radius 1 is 1.40 bits per heavy atom. The molecule has 15 heavy (non-hydrogen) atoms. The molecule has 0 spiro atoms. The number of amides is 1. The second kappa shape index (κ2) is 3.67. The molecule has 0 aromatic carbocycles. The third-order valence-corrected chi connectivity index (χ3v) is 3.03. The maximum Gasteiger partial charge on any atom is 0.407 e. The Kier molecular flexibility index (Phi) is 2.63. The van der Waals surface area contributed by atoms with Crippen molar-refractivity contribution in [3.63, 3.8) is 0 Å². The van der Waals surface area contributed by atoms with Crippen LogP contribution in [0.3, 0.4) is 0 Å². The molecule has 1 saturated carbocycles. The summed E-state index contributed by atoms with van der Waals surface area (Å²) in [6.07, 6.45) is 2.00. The maximum atomic E-state index is 11.5. The van der Waals surface area contributed by atoms with Crippen LogP contribution in [0, 0.1) is 5.92 Å². The summed E-state index contributed by atoms with van der Waals surface area (Å²) in [5.74, 6) is 0.745. The average molecular weight is 212 g/mol. The average Bonchev–Trinajstić information content (AvgIpc) is 2.60. The first kappa shape index (κ1) is 10.7. The van der Waals surface area contributed by atoms with Crippen molar-refractivity contribution in [2.45, 2.75) is 51.3 Å². The predicted molar refractivity (Wildman–Crippen MR) is 57.7 cm³/mol. The van der Waals surface area contributed by atoms with Crippen LogP contribution in [0.1, 0.15) is 33.6 Å². The molecule has 2 N–H and O–H groups in total. The van der Waals surface area contributed by atoms with Crippen LogP contribution in [0.5, 0.6) is 0 Å². The zero-order valence-corrected chi connectivity index (χ0v) is 9.67. The second-order valence-corrected chi connectivity index (χ2v) is 5.60. The normalized spacial score (nSPS) is 34.2. The number of carbonyl (C=O) groups excluding carboxylic acids is 1. The molecule has 2 aliphatic rings. The molecule has 1 aliphatic carbocycles. The summed E-state index contributed by atoms with van der Waals surface area (Å²) in [5.41, 5.74) is -0.408. The molecule has 0 unspecified atom stereocenters. The van der Waals surface area contributed by atoms with Gasteiger partial charge in [0.25, 0.3) is 0 Å². The number of hydrogen-bond donors (Lipinski definition) is 2. The number of fused-ring (bicyclic) bond motifs is 2. The first-order valence-corrected chi connectivity index (χ1v) is 5.67. The topological polar surface area (TPSA) is 50.4 Å². The molecule has 1 saturated heterocycles. The zero-order valence-electron chi connectivity index (χ0n) is 9.67. The van der Waals surface area contributed by atoms with Gasteiger partial charge in [0, 0.05) is 12.1 Å². The minimum atomic E-state index is -0.408. The summed E-state index contributed by atoms with van der Waals surface area (Å²) in [7, 11) is 0. The molecule has 86 valence electrons. The van der Waals surface area contributed by atoms with Gasteiger partial charge in [0.1, 0.15) is 5.60 Å². The van der Waals surface area contributed by atoms with Gasteiger partial charge in [-0.2, -0.15) is 0 Å². The fraction of sp³-hybridized carbons (Fsp3) is 0.909. The van der Waals surface area contributed by atoms with Crippen LogP contribution in [0.25, 0.3) is 0 Å². The highest BCUT2D eigenvalue weighted by Gasteiger charge is 2.40. The van der Waals surface area contributed by atoms with Crippen molar-refractivity contribution in [2.24, 2.45) is 5.92 Å². The van der Waals surface area contributed by atoms with Gasteiger partial charge >= 0.3 is 6.09 Å². The standard InChI is InChI=1S/C11H20N2O2/c1-11(2,3)15-10(14)13-9-5-7-4-8(9)12-6-7/h7-9,12H,4-6H2,1-3H3,(H,13,14)/t7-,8+,9+/m0/s1. The van der Waals surface area contributed by atoms with E-state index in [2.05, 4.69) is 10.6 Å². The molecule has 2 rings (SSSR count). The van der Waals surface area contributed by atoms with Crippen LogP contribution in [0.15, 0.2) is 0 Å². The number of ether oxygens (including phenoxy) is 1. The summed E-state index contributed by atoms with van der Waals surface area (Å²) >= 11 is 0. The van der Waals surface area contributed by atoms with Crippen molar-refractivity contribution >= 4 is 6.09 Å². The predicted octanol–water partition coefficient (Wildman–Crippen LogP) is 1.26. The molecule has 1 heterocycles. The van der Waals surface area contributed by atoms with E-state index in [9.17, 15) is 4.79 Å². The number of alkyl carbamates (subject to hydrolysis) is 1.